The van der Waals surface area contributed by atoms with Gasteiger partial charge in [-0.1, -0.05) is 182 Å². The Hall–Kier alpha value is -7.52. The molecule has 0 saturated heterocycles. The lowest BCUT2D eigenvalue weighted by atomic mass is 9.70. The average Bonchev–Trinajstić information content (AvgIpc) is 3.95. The van der Waals surface area contributed by atoms with Crippen LogP contribution in [0.2, 0.25) is 0 Å². The number of fused-ring (bicyclic) bond motifs is 14. The van der Waals surface area contributed by atoms with E-state index in [-0.39, 0.29) is 0 Å². The van der Waals surface area contributed by atoms with Crippen molar-refractivity contribution in [3.63, 3.8) is 0 Å². The monoisotopic (exact) mass is 791 g/mol. The van der Waals surface area contributed by atoms with Crippen LogP contribution >= 0.6 is 11.3 Å². The fraction of sp³-hybridized carbons (Fsp3) is 0.0169. The summed E-state index contributed by atoms with van der Waals surface area (Å²) in [4.78, 5) is 2.49. The van der Waals surface area contributed by atoms with Gasteiger partial charge in [-0.05, 0) is 114 Å². The van der Waals surface area contributed by atoms with E-state index in [0.717, 1.165) is 17.1 Å². The summed E-state index contributed by atoms with van der Waals surface area (Å²) in [6, 6.07) is 83.6. The highest BCUT2D eigenvalue weighted by Gasteiger charge is 2.51. The Morgan fingerprint density at radius 3 is 1.57 bits per heavy atom. The van der Waals surface area contributed by atoms with Gasteiger partial charge >= 0.3 is 0 Å². The third kappa shape index (κ3) is 4.94. The maximum absolute atomic E-state index is 2.50. The van der Waals surface area contributed by atoms with E-state index in [2.05, 4.69) is 229 Å². The van der Waals surface area contributed by atoms with E-state index in [9.17, 15) is 0 Å². The van der Waals surface area contributed by atoms with E-state index in [1.807, 2.05) is 11.3 Å². The van der Waals surface area contributed by atoms with Crippen LogP contribution in [0.1, 0.15) is 22.3 Å². The van der Waals surface area contributed by atoms with Crippen LogP contribution in [-0.4, -0.2) is 0 Å². The van der Waals surface area contributed by atoms with Crippen molar-refractivity contribution >= 4 is 59.3 Å². The molecule has 0 unspecified atom stereocenters. The zero-order chi connectivity index (χ0) is 40.1. The minimum atomic E-state index is -0.440. The Kier molecular flexibility index (Phi) is 7.46. The smallest absolute Gasteiger partial charge is 0.0726 e. The SMILES string of the molecule is c1ccc(N(c2ccc(-c3cccc4ccccc34)cc2)c2ccc3c(c2)C2(c4ccccc4-c4ccccc42)c2ccccc2-3)c(-c2ccc3c(c2)sc2ccccc23)c1. The van der Waals surface area contributed by atoms with Gasteiger partial charge in [0.05, 0.1) is 11.1 Å². The third-order valence-corrected chi connectivity index (χ3v) is 14.4. The number of benzene rings is 10. The molecule has 0 atom stereocenters. The molecule has 2 aliphatic carbocycles. The van der Waals surface area contributed by atoms with Crippen LogP contribution in [0, 0.1) is 0 Å². The summed E-state index contributed by atoms with van der Waals surface area (Å²) < 4.78 is 2.62. The number of thiophene rings is 1. The Morgan fingerprint density at radius 1 is 0.311 bits per heavy atom. The van der Waals surface area contributed by atoms with Crippen LogP contribution < -0.4 is 4.90 Å². The highest BCUT2D eigenvalue weighted by Crippen LogP contribution is 2.63. The molecule has 1 nitrogen and oxygen atoms in total. The van der Waals surface area contributed by atoms with Gasteiger partial charge < -0.3 is 4.90 Å². The molecule has 0 saturated carbocycles. The zero-order valence-electron chi connectivity index (χ0n) is 33.2. The molecular formula is C59H37NS. The minimum Gasteiger partial charge on any atom is -0.310 e. The van der Waals surface area contributed by atoms with Crippen molar-refractivity contribution in [2.24, 2.45) is 0 Å². The summed E-state index contributed by atoms with van der Waals surface area (Å²) >= 11 is 1.87. The Bertz CT molecular complexity index is 3490. The van der Waals surface area contributed by atoms with E-state index in [1.165, 1.54) is 97.7 Å². The summed E-state index contributed by atoms with van der Waals surface area (Å²) in [7, 11) is 0. The molecule has 13 rings (SSSR count). The van der Waals surface area contributed by atoms with Crippen LogP contribution in [0.5, 0.6) is 0 Å². The van der Waals surface area contributed by atoms with Crippen molar-refractivity contribution in [3.05, 3.63) is 247 Å². The van der Waals surface area contributed by atoms with Crippen molar-refractivity contribution in [1.82, 2.24) is 0 Å². The third-order valence-electron chi connectivity index (χ3n) is 13.3. The lowest BCUT2D eigenvalue weighted by Crippen LogP contribution is -2.26. The van der Waals surface area contributed by atoms with E-state index >= 15 is 0 Å². The molecule has 61 heavy (non-hydrogen) atoms. The zero-order valence-corrected chi connectivity index (χ0v) is 34.0. The summed E-state index contributed by atoms with van der Waals surface area (Å²) in [5, 5.41) is 5.14. The molecular weight excluding hydrogens is 755 g/mol. The van der Waals surface area contributed by atoms with Crippen LogP contribution in [0.3, 0.4) is 0 Å². The van der Waals surface area contributed by atoms with Gasteiger partial charge in [0.1, 0.15) is 0 Å². The van der Waals surface area contributed by atoms with E-state index < -0.39 is 5.41 Å². The summed E-state index contributed by atoms with van der Waals surface area (Å²) in [5.41, 5.74) is 18.4. The van der Waals surface area contributed by atoms with Gasteiger partial charge in [0.15, 0.2) is 0 Å². The maximum Gasteiger partial charge on any atom is 0.0726 e. The lowest BCUT2D eigenvalue weighted by Gasteiger charge is -2.32. The first kappa shape index (κ1) is 34.4. The van der Waals surface area contributed by atoms with Gasteiger partial charge in [-0.15, -0.1) is 11.3 Å². The molecule has 284 valence electrons. The van der Waals surface area contributed by atoms with Crippen molar-refractivity contribution in [2.75, 3.05) is 4.90 Å². The van der Waals surface area contributed by atoms with Gasteiger partial charge in [0.2, 0.25) is 0 Å². The molecule has 1 spiro atoms. The first-order valence-corrected chi connectivity index (χ1v) is 21.9. The second-order valence-corrected chi connectivity index (χ2v) is 17.4. The van der Waals surface area contributed by atoms with Gasteiger partial charge in [-0.2, -0.15) is 0 Å². The predicted octanol–water partition coefficient (Wildman–Crippen LogP) is 16.4. The molecule has 2 aliphatic rings. The molecule has 0 amide bonds. The molecule has 2 heteroatoms. The van der Waals surface area contributed by atoms with Gasteiger partial charge in [0.25, 0.3) is 0 Å². The quantitative estimate of drug-likeness (QED) is 0.168. The molecule has 0 N–H and O–H groups in total. The van der Waals surface area contributed by atoms with Crippen LogP contribution in [-0.2, 0) is 5.41 Å². The summed E-state index contributed by atoms with van der Waals surface area (Å²) in [6.07, 6.45) is 0. The molecule has 0 aliphatic heterocycles. The maximum atomic E-state index is 2.50. The molecule has 11 aromatic rings. The minimum absolute atomic E-state index is 0.440. The number of nitrogens with zero attached hydrogens (tertiary/aromatic N) is 1. The highest BCUT2D eigenvalue weighted by atomic mass is 32.1. The van der Waals surface area contributed by atoms with Gasteiger partial charge in [0, 0.05) is 37.1 Å². The topological polar surface area (TPSA) is 3.24 Å². The second-order valence-electron chi connectivity index (χ2n) is 16.4. The molecule has 0 radical (unpaired) electrons. The Labute approximate surface area is 359 Å². The van der Waals surface area contributed by atoms with Crippen LogP contribution in [0.4, 0.5) is 17.1 Å². The normalized spacial score (nSPS) is 13.0. The van der Waals surface area contributed by atoms with Crippen molar-refractivity contribution < 1.29 is 0 Å². The fourth-order valence-corrected chi connectivity index (χ4v) is 11.9. The van der Waals surface area contributed by atoms with Crippen molar-refractivity contribution in [3.8, 4) is 44.5 Å². The van der Waals surface area contributed by atoms with E-state index in [1.54, 1.807) is 0 Å². The molecule has 10 aromatic carbocycles. The standard InChI is InChI=1S/C59H37NS/c1-2-16-43-38(14-1)15-13-22-44(43)39-28-31-41(32-29-39)60(56-26-11-6-17-45(56)40-30-34-51-50-21-7-12-27-57(50)61-58(51)36-40)42-33-35-49-48-20-5-10-25-54(48)59(55(49)37-42)52-23-8-3-18-46(52)47-19-4-9-24-53(47)59/h1-37H. The Balaban J connectivity index is 1.04. The number of hydrogen-bond donors (Lipinski definition) is 0. The summed E-state index contributed by atoms with van der Waals surface area (Å²) in [6.45, 7) is 0. The predicted molar refractivity (Wildman–Crippen MR) is 259 cm³/mol. The first-order valence-electron chi connectivity index (χ1n) is 21.1. The van der Waals surface area contributed by atoms with Crippen LogP contribution in [0.15, 0.2) is 224 Å². The van der Waals surface area contributed by atoms with E-state index in [4.69, 9.17) is 0 Å². The number of anilines is 3. The lowest BCUT2D eigenvalue weighted by molar-refractivity contribution is 0.793. The number of hydrogen-bond acceptors (Lipinski definition) is 2. The van der Waals surface area contributed by atoms with E-state index in [0.29, 0.717) is 0 Å². The highest BCUT2D eigenvalue weighted by molar-refractivity contribution is 7.25. The average molecular weight is 792 g/mol. The van der Waals surface area contributed by atoms with Crippen molar-refractivity contribution in [1.29, 1.82) is 0 Å². The first-order chi connectivity index (χ1) is 30.3. The summed E-state index contributed by atoms with van der Waals surface area (Å²) in [5.74, 6) is 0. The number of rotatable bonds is 5. The molecule has 1 aromatic heterocycles. The molecule has 0 fully saturated rings. The van der Waals surface area contributed by atoms with Gasteiger partial charge in [-0.3, -0.25) is 0 Å². The molecule has 1 heterocycles. The molecule has 0 bridgehead atoms. The number of para-hydroxylation sites is 1. The van der Waals surface area contributed by atoms with Crippen LogP contribution in [0.25, 0.3) is 75.5 Å². The van der Waals surface area contributed by atoms with Crippen molar-refractivity contribution in [2.45, 2.75) is 5.41 Å². The second kappa shape index (κ2) is 13.2. The Morgan fingerprint density at radius 2 is 0.836 bits per heavy atom. The fourth-order valence-electron chi connectivity index (χ4n) is 10.7. The van der Waals surface area contributed by atoms with Gasteiger partial charge in [-0.25, -0.2) is 0 Å². The largest absolute Gasteiger partial charge is 0.310 e.